The molecule has 19 heavy (non-hydrogen) atoms. The summed E-state index contributed by atoms with van der Waals surface area (Å²) in [6, 6.07) is 9.94. The molecule has 1 aliphatic rings. The molecular formula is C14H13NO3S. The van der Waals surface area contributed by atoms with E-state index in [1.54, 1.807) is 36.4 Å². The van der Waals surface area contributed by atoms with E-state index in [0.29, 0.717) is 17.5 Å². The molecule has 0 N–H and O–H groups in total. The van der Waals surface area contributed by atoms with Gasteiger partial charge in [-0.3, -0.25) is 4.79 Å². The molecule has 1 aromatic heterocycles. The lowest BCUT2D eigenvalue weighted by Gasteiger charge is -2.09. The highest BCUT2D eigenvalue weighted by molar-refractivity contribution is 7.90. The average molecular weight is 275 g/mol. The molecule has 3 rings (SSSR count). The van der Waals surface area contributed by atoms with Crippen molar-refractivity contribution in [1.82, 2.24) is 3.97 Å². The van der Waals surface area contributed by atoms with E-state index in [1.165, 1.54) is 10.2 Å². The Balaban J connectivity index is 2.16. The van der Waals surface area contributed by atoms with E-state index in [1.807, 2.05) is 0 Å². The van der Waals surface area contributed by atoms with Crippen LogP contribution < -0.4 is 0 Å². The van der Waals surface area contributed by atoms with E-state index in [0.717, 1.165) is 12.8 Å². The van der Waals surface area contributed by atoms with Crippen LogP contribution in [-0.2, 0) is 10.0 Å². The summed E-state index contributed by atoms with van der Waals surface area (Å²) in [5, 5.41) is 0. The Labute approximate surface area is 111 Å². The first-order chi connectivity index (χ1) is 9.13. The van der Waals surface area contributed by atoms with Crippen LogP contribution in [-0.4, -0.2) is 18.7 Å². The van der Waals surface area contributed by atoms with Crippen molar-refractivity contribution in [2.75, 3.05) is 0 Å². The number of hydrogen-bond acceptors (Lipinski definition) is 3. The van der Waals surface area contributed by atoms with Gasteiger partial charge in [0.05, 0.1) is 4.90 Å². The van der Waals surface area contributed by atoms with Crippen molar-refractivity contribution in [2.24, 2.45) is 0 Å². The summed E-state index contributed by atoms with van der Waals surface area (Å²) in [7, 11) is -3.61. The number of nitrogens with zero attached hydrogens (tertiary/aromatic N) is 1. The Hall–Kier alpha value is -1.88. The van der Waals surface area contributed by atoms with Gasteiger partial charge in [0.25, 0.3) is 10.0 Å². The Bertz CT molecular complexity index is 712. The van der Waals surface area contributed by atoms with Crippen LogP contribution in [0.2, 0.25) is 0 Å². The van der Waals surface area contributed by atoms with Gasteiger partial charge in [-0.2, -0.15) is 0 Å². The molecule has 0 radical (unpaired) electrons. The first-order valence-electron chi connectivity index (χ1n) is 6.11. The van der Waals surface area contributed by atoms with Gasteiger partial charge in [-0.15, -0.1) is 0 Å². The van der Waals surface area contributed by atoms with Gasteiger partial charge in [0.1, 0.15) is 0 Å². The second kappa shape index (κ2) is 4.35. The molecule has 98 valence electrons. The molecule has 5 heteroatoms. The molecule has 1 heterocycles. The zero-order chi connectivity index (χ0) is 13.5. The first kappa shape index (κ1) is 12.2. The quantitative estimate of drug-likeness (QED) is 0.805. The van der Waals surface area contributed by atoms with E-state index < -0.39 is 10.0 Å². The molecule has 0 spiro atoms. The van der Waals surface area contributed by atoms with E-state index >= 15 is 0 Å². The van der Waals surface area contributed by atoms with E-state index in [-0.39, 0.29) is 10.8 Å². The van der Waals surface area contributed by atoms with Crippen LogP contribution in [0.15, 0.2) is 47.5 Å². The largest absolute Gasteiger partial charge is 0.298 e. The second-order valence-corrected chi connectivity index (χ2v) is 6.52. The van der Waals surface area contributed by atoms with Crippen LogP contribution in [0.25, 0.3) is 0 Å². The van der Waals surface area contributed by atoms with Gasteiger partial charge >= 0.3 is 0 Å². The van der Waals surface area contributed by atoms with Crippen LogP contribution in [0.4, 0.5) is 0 Å². The number of rotatable bonds is 4. The van der Waals surface area contributed by atoms with Crippen molar-refractivity contribution >= 4 is 16.3 Å². The molecular weight excluding hydrogens is 262 g/mol. The maximum atomic E-state index is 12.6. The zero-order valence-electron chi connectivity index (χ0n) is 10.2. The third-order valence-corrected chi connectivity index (χ3v) is 4.97. The lowest BCUT2D eigenvalue weighted by Crippen LogP contribution is -2.14. The standard InChI is InChI=1S/C14H13NO3S/c16-10-11-8-14(12-6-7-12)15(9-11)19(17,18)13-4-2-1-3-5-13/h1-5,8-10,12H,6-7H2. The Kier molecular flexibility index (Phi) is 2.78. The highest BCUT2D eigenvalue weighted by atomic mass is 32.2. The van der Waals surface area contributed by atoms with Gasteiger partial charge in [0.15, 0.2) is 6.29 Å². The van der Waals surface area contributed by atoms with Gasteiger partial charge in [0, 0.05) is 23.4 Å². The summed E-state index contributed by atoms with van der Waals surface area (Å²) in [5.74, 6) is 0.257. The summed E-state index contributed by atoms with van der Waals surface area (Å²) in [6.45, 7) is 0. The highest BCUT2D eigenvalue weighted by Crippen LogP contribution is 2.41. The second-order valence-electron chi connectivity index (χ2n) is 4.70. The van der Waals surface area contributed by atoms with Crippen LogP contribution >= 0.6 is 0 Å². The number of carbonyl (C=O) groups is 1. The number of aldehydes is 1. The minimum absolute atomic E-state index is 0.241. The van der Waals surface area contributed by atoms with Crippen molar-refractivity contribution < 1.29 is 13.2 Å². The SMILES string of the molecule is O=Cc1cc(C2CC2)n(S(=O)(=O)c2ccccc2)c1. The normalized spacial score (nSPS) is 15.4. The van der Waals surface area contributed by atoms with Crippen molar-refractivity contribution in [1.29, 1.82) is 0 Å². The smallest absolute Gasteiger partial charge is 0.267 e. The molecule has 0 unspecified atom stereocenters. The Morgan fingerprint density at radius 3 is 2.42 bits per heavy atom. The molecule has 1 fully saturated rings. The third-order valence-electron chi connectivity index (χ3n) is 3.27. The molecule has 0 saturated heterocycles. The highest BCUT2D eigenvalue weighted by Gasteiger charge is 2.31. The Morgan fingerprint density at radius 2 is 1.84 bits per heavy atom. The number of aromatic nitrogens is 1. The zero-order valence-corrected chi connectivity index (χ0v) is 11.0. The van der Waals surface area contributed by atoms with Crippen molar-refractivity contribution in [3.8, 4) is 0 Å². The number of carbonyl (C=O) groups excluding carboxylic acids is 1. The van der Waals surface area contributed by atoms with Crippen molar-refractivity contribution in [2.45, 2.75) is 23.7 Å². The molecule has 2 aromatic rings. The predicted octanol–water partition coefficient (Wildman–Crippen LogP) is 2.42. The van der Waals surface area contributed by atoms with Gasteiger partial charge in [-0.1, -0.05) is 18.2 Å². The maximum Gasteiger partial charge on any atom is 0.267 e. The van der Waals surface area contributed by atoms with Gasteiger partial charge in [0.2, 0.25) is 0 Å². The molecule has 0 aliphatic heterocycles. The van der Waals surface area contributed by atoms with Gasteiger partial charge < -0.3 is 0 Å². The van der Waals surface area contributed by atoms with E-state index in [2.05, 4.69) is 0 Å². The van der Waals surface area contributed by atoms with Crippen molar-refractivity contribution in [3.63, 3.8) is 0 Å². The third kappa shape index (κ3) is 2.10. The predicted molar refractivity (Wildman–Crippen MR) is 70.8 cm³/mol. The van der Waals surface area contributed by atoms with Crippen molar-refractivity contribution in [3.05, 3.63) is 53.9 Å². The maximum absolute atomic E-state index is 12.6. The summed E-state index contributed by atoms with van der Waals surface area (Å²) < 4.78 is 26.4. The number of hydrogen-bond donors (Lipinski definition) is 0. The molecule has 0 bridgehead atoms. The summed E-state index contributed by atoms with van der Waals surface area (Å²) in [4.78, 5) is 11.1. The van der Waals surface area contributed by atoms with Crippen LogP contribution in [0.3, 0.4) is 0 Å². The van der Waals surface area contributed by atoms with Crippen LogP contribution in [0.1, 0.15) is 34.8 Å². The molecule has 1 aliphatic carbocycles. The minimum Gasteiger partial charge on any atom is -0.298 e. The number of benzene rings is 1. The van der Waals surface area contributed by atoms with Crippen LogP contribution in [0.5, 0.6) is 0 Å². The molecule has 1 aromatic carbocycles. The summed E-state index contributed by atoms with van der Waals surface area (Å²) in [6.07, 6.45) is 4.05. The van der Waals surface area contributed by atoms with E-state index in [9.17, 15) is 13.2 Å². The lowest BCUT2D eigenvalue weighted by molar-refractivity contribution is 0.112. The fourth-order valence-electron chi connectivity index (χ4n) is 2.14. The molecule has 0 amide bonds. The minimum atomic E-state index is -3.61. The van der Waals surface area contributed by atoms with E-state index in [4.69, 9.17) is 0 Å². The van der Waals surface area contributed by atoms with Gasteiger partial charge in [-0.25, -0.2) is 12.4 Å². The summed E-state index contributed by atoms with van der Waals surface area (Å²) >= 11 is 0. The Morgan fingerprint density at radius 1 is 1.16 bits per heavy atom. The molecule has 0 atom stereocenters. The lowest BCUT2D eigenvalue weighted by atomic mass is 10.2. The monoisotopic (exact) mass is 275 g/mol. The molecule has 1 saturated carbocycles. The summed E-state index contributed by atoms with van der Waals surface area (Å²) in [5.41, 5.74) is 1.12. The average Bonchev–Trinajstić information content (AvgIpc) is 3.18. The van der Waals surface area contributed by atoms with Crippen LogP contribution in [0, 0.1) is 0 Å². The fourth-order valence-corrected chi connectivity index (χ4v) is 3.61. The topological polar surface area (TPSA) is 56.1 Å². The fraction of sp³-hybridized carbons (Fsp3) is 0.214. The first-order valence-corrected chi connectivity index (χ1v) is 7.55. The molecule has 4 nitrogen and oxygen atoms in total. The van der Waals surface area contributed by atoms with Gasteiger partial charge in [-0.05, 0) is 31.0 Å².